The minimum absolute atomic E-state index is 0.544. The van der Waals surface area contributed by atoms with E-state index >= 15 is 0 Å². The van der Waals surface area contributed by atoms with E-state index in [0.717, 1.165) is 11.3 Å². The van der Waals surface area contributed by atoms with Gasteiger partial charge in [0, 0.05) is 26.9 Å². The minimum atomic E-state index is -1.17. The van der Waals surface area contributed by atoms with Gasteiger partial charge in [-0.25, -0.2) is 0 Å². The molecule has 0 aromatic heterocycles. The highest BCUT2D eigenvalue weighted by Crippen LogP contribution is 2.42. The number of rotatable bonds is 6. The lowest BCUT2D eigenvalue weighted by Crippen LogP contribution is -2.52. The van der Waals surface area contributed by atoms with Crippen LogP contribution in [0.5, 0.6) is 5.75 Å². The molecule has 0 N–H and O–H groups in total. The Morgan fingerprint density at radius 3 is 1.78 bits per heavy atom. The summed E-state index contributed by atoms with van der Waals surface area (Å²) in [5.41, 5.74) is 0.413. The molecule has 1 aromatic rings. The zero-order chi connectivity index (χ0) is 13.8. The maximum absolute atomic E-state index is 5.45. The Morgan fingerprint density at radius 1 is 0.833 bits per heavy atom. The molecule has 102 valence electrons. The van der Waals surface area contributed by atoms with Gasteiger partial charge in [-0.2, -0.15) is 0 Å². The number of hydrogen-bond acceptors (Lipinski definition) is 4. The van der Waals surface area contributed by atoms with Crippen molar-refractivity contribution in [1.82, 2.24) is 0 Å². The topological polar surface area (TPSA) is 36.9 Å². The van der Waals surface area contributed by atoms with Crippen LogP contribution in [0.25, 0.3) is 0 Å². The predicted molar refractivity (Wildman–Crippen MR) is 69.8 cm³/mol. The van der Waals surface area contributed by atoms with Crippen LogP contribution in [0.15, 0.2) is 24.3 Å². The first-order valence-corrected chi connectivity index (χ1v) is 5.78. The lowest BCUT2D eigenvalue weighted by molar-refractivity contribution is -0.382. The van der Waals surface area contributed by atoms with Gasteiger partial charge in [0.1, 0.15) is 5.75 Å². The molecule has 0 bridgehead atoms. The summed E-state index contributed by atoms with van der Waals surface area (Å²) in [6, 6.07) is 7.76. The van der Waals surface area contributed by atoms with E-state index in [4.69, 9.17) is 18.9 Å². The van der Waals surface area contributed by atoms with Gasteiger partial charge in [-0.3, -0.25) is 0 Å². The van der Waals surface area contributed by atoms with Gasteiger partial charge in [0.15, 0.2) is 0 Å². The molecule has 0 heterocycles. The molecule has 0 fully saturated rings. The second-order valence-electron chi connectivity index (χ2n) is 4.49. The Bertz CT molecular complexity index is 375. The highest BCUT2D eigenvalue weighted by atomic mass is 16.9. The standard InChI is InChI=1S/C14H22O4/c1-13(2,14(16-4,17-5)18-6)11-9-7-8-10-12(11)15-3/h7-10H,1-6H3. The summed E-state index contributed by atoms with van der Waals surface area (Å²) in [7, 11) is 6.32. The Morgan fingerprint density at radius 2 is 1.33 bits per heavy atom. The molecule has 0 unspecified atom stereocenters. The average molecular weight is 254 g/mol. The Balaban J connectivity index is 3.34. The van der Waals surface area contributed by atoms with Gasteiger partial charge in [0.05, 0.1) is 12.5 Å². The molecule has 4 heteroatoms. The Labute approximate surface area is 109 Å². The lowest BCUT2D eigenvalue weighted by Gasteiger charge is -2.42. The summed E-state index contributed by atoms with van der Waals surface area (Å²) in [4.78, 5) is 0. The molecule has 0 aliphatic rings. The van der Waals surface area contributed by atoms with Gasteiger partial charge in [0.2, 0.25) is 0 Å². The number of benzene rings is 1. The van der Waals surface area contributed by atoms with Crippen LogP contribution in [-0.4, -0.2) is 34.4 Å². The summed E-state index contributed by atoms with van der Waals surface area (Å²) in [5, 5.41) is 0. The van der Waals surface area contributed by atoms with Crippen molar-refractivity contribution < 1.29 is 18.9 Å². The van der Waals surface area contributed by atoms with Gasteiger partial charge in [-0.15, -0.1) is 0 Å². The summed E-state index contributed by atoms with van der Waals surface area (Å²) in [6.07, 6.45) is 0. The fourth-order valence-electron chi connectivity index (χ4n) is 2.34. The maximum atomic E-state index is 5.45. The van der Waals surface area contributed by atoms with Crippen LogP contribution in [0, 0.1) is 0 Å². The molecule has 0 spiro atoms. The first-order chi connectivity index (χ1) is 8.49. The Kier molecular flexibility index (Phi) is 4.73. The molecule has 0 amide bonds. The minimum Gasteiger partial charge on any atom is -0.496 e. The van der Waals surface area contributed by atoms with Crippen LogP contribution in [0.2, 0.25) is 0 Å². The molecule has 0 atom stereocenters. The van der Waals surface area contributed by atoms with Crippen LogP contribution >= 0.6 is 0 Å². The zero-order valence-electron chi connectivity index (χ0n) is 11.9. The van der Waals surface area contributed by atoms with Gasteiger partial charge >= 0.3 is 0 Å². The van der Waals surface area contributed by atoms with Crippen molar-refractivity contribution in [1.29, 1.82) is 0 Å². The van der Waals surface area contributed by atoms with Crippen LogP contribution < -0.4 is 4.74 Å². The molecule has 18 heavy (non-hydrogen) atoms. The number of para-hydroxylation sites is 1. The quantitative estimate of drug-likeness (QED) is 0.731. The largest absolute Gasteiger partial charge is 0.496 e. The van der Waals surface area contributed by atoms with Crippen LogP contribution in [0.1, 0.15) is 19.4 Å². The fourth-order valence-corrected chi connectivity index (χ4v) is 2.34. The van der Waals surface area contributed by atoms with E-state index in [1.165, 1.54) is 0 Å². The average Bonchev–Trinajstić information content (AvgIpc) is 2.41. The second kappa shape index (κ2) is 5.69. The highest BCUT2D eigenvalue weighted by Gasteiger charge is 2.49. The van der Waals surface area contributed by atoms with Gasteiger partial charge in [-0.05, 0) is 19.9 Å². The predicted octanol–water partition coefficient (Wildman–Crippen LogP) is 2.57. The van der Waals surface area contributed by atoms with Gasteiger partial charge in [0.25, 0.3) is 5.97 Å². The van der Waals surface area contributed by atoms with Crippen LogP contribution in [0.4, 0.5) is 0 Å². The fraction of sp³-hybridized carbons (Fsp3) is 0.571. The van der Waals surface area contributed by atoms with E-state index in [0.29, 0.717) is 0 Å². The normalized spacial score (nSPS) is 12.6. The highest BCUT2D eigenvalue weighted by molar-refractivity contribution is 5.40. The van der Waals surface area contributed by atoms with Crippen molar-refractivity contribution in [3.8, 4) is 5.75 Å². The number of hydrogen-bond donors (Lipinski definition) is 0. The summed E-state index contributed by atoms with van der Waals surface area (Å²) >= 11 is 0. The molecule has 0 radical (unpaired) electrons. The molecule has 1 aromatic carbocycles. The van der Waals surface area contributed by atoms with E-state index < -0.39 is 11.4 Å². The molecule has 4 nitrogen and oxygen atoms in total. The number of methoxy groups -OCH3 is 4. The molecule has 1 rings (SSSR count). The SMILES string of the molecule is COc1ccccc1C(C)(C)C(OC)(OC)OC. The van der Waals surface area contributed by atoms with E-state index in [2.05, 4.69) is 0 Å². The van der Waals surface area contributed by atoms with Crippen LogP contribution in [-0.2, 0) is 19.6 Å². The van der Waals surface area contributed by atoms with Gasteiger partial charge in [-0.1, -0.05) is 18.2 Å². The molecule has 0 aliphatic carbocycles. The van der Waals surface area contributed by atoms with Gasteiger partial charge < -0.3 is 18.9 Å². The summed E-state index contributed by atoms with van der Waals surface area (Å²) in [5.74, 6) is -0.389. The van der Waals surface area contributed by atoms with Crippen molar-refractivity contribution in [3.63, 3.8) is 0 Å². The van der Waals surface area contributed by atoms with E-state index in [9.17, 15) is 0 Å². The van der Waals surface area contributed by atoms with Crippen molar-refractivity contribution in [2.75, 3.05) is 28.4 Å². The maximum Gasteiger partial charge on any atom is 0.291 e. The zero-order valence-corrected chi connectivity index (χ0v) is 11.9. The molecule has 0 aliphatic heterocycles. The first-order valence-electron chi connectivity index (χ1n) is 5.78. The molecule has 0 saturated carbocycles. The van der Waals surface area contributed by atoms with Crippen molar-refractivity contribution in [3.05, 3.63) is 29.8 Å². The number of ether oxygens (including phenoxy) is 4. The van der Waals surface area contributed by atoms with Crippen molar-refractivity contribution >= 4 is 0 Å². The van der Waals surface area contributed by atoms with E-state index in [1.807, 2.05) is 38.1 Å². The Hall–Kier alpha value is -1.10. The second-order valence-corrected chi connectivity index (χ2v) is 4.49. The molecular formula is C14H22O4. The third kappa shape index (κ3) is 2.23. The van der Waals surface area contributed by atoms with E-state index in [1.54, 1.807) is 28.4 Å². The lowest BCUT2D eigenvalue weighted by atomic mass is 9.81. The monoisotopic (exact) mass is 254 g/mol. The smallest absolute Gasteiger partial charge is 0.291 e. The van der Waals surface area contributed by atoms with E-state index in [-0.39, 0.29) is 0 Å². The molecular weight excluding hydrogens is 232 g/mol. The first kappa shape index (κ1) is 15.0. The van der Waals surface area contributed by atoms with Crippen LogP contribution in [0.3, 0.4) is 0 Å². The van der Waals surface area contributed by atoms with Crippen molar-refractivity contribution in [2.45, 2.75) is 25.2 Å². The molecule has 0 saturated heterocycles. The van der Waals surface area contributed by atoms with Crippen molar-refractivity contribution in [2.24, 2.45) is 0 Å². The summed E-state index contributed by atoms with van der Waals surface area (Å²) in [6.45, 7) is 3.97. The third-order valence-electron chi connectivity index (χ3n) is 3.35. The summed E-state index contributed by atoms with van der Waals surface area (Å²) < 4.78 is 21.8. The third-order valence-corrected chi connectivity index (χ3v) is 3.35.